The molecule has 0 unspecified atom stereocenters. The number of benzene rings is 2. The topological polar surface area (TPSA) is 42.4 Å². The molecule has 1 heterocycles. The highest BCUT2D eigenvalue weighted by Crippen LogP contribution is 2.19. The summed E-state index contributed by atoms with van der Waals surface area (Å²) >= 11 is 0. The van der Waals surface area contributed by atoms with Crippen molar-refractivity contribution in [2.45, 2.75) is 13.2 Å². The average molecular weight is 265 g/mol. The summed E-state index contributed by atoms with van der Waals surface area (Å²) in [4.78, 5) is 4.56. The Morgan fingerprint density at radius 1 is 0.900 bits per heavy atom. The third-order valence-corrected chi connectivity index (χ3v) is 3.17. The van der Waals surface area contributed by atoms with Crippen LogP contribution < -0.4 is 4.74 Å². The second-order valence-electron chi connectivity index (χ2n) is 4.55. The van der Waals surface area contributed by atoms with Gasteiger partial charge in [-0.15, -0.1) is 0 Å². The van der Waals surface area contributed by atoms with E-state index >= 15 is 0 Å². The van der Waals surface area contributed by atoms with Crippen molar-refractivity contribution in [3.05, 3.63) is 71.9 Å². The van der Waals surface area contributed by atoms with E-state index in [0.717, 1.165) is 22.2 Å². The maximum Gasteiger partial charge on any atom is 0.130 e. The molecule has 100 valence electrons. The van der Waals surface area contributed by atoms with Crippen LogP contribution in [0.25, 0.3) is 10.9 Å². The predicted octanol–water partition coefficient (Wildman–Crippen LogP) is 3.31. The number of hydrogen-bond donors (Lipinski definition) is 1. The van der Waals surface area contributed by atoms with E-state index in [4.69, 9.17) is 4.74 Å². The highest BCUT2D eigenvalue weighted by Gasteiger charge is 2.03. The molecule has 0 radical (unpaired) electrons. The Bertz CT molecular complexity index is 725. The fraction of sp³-hybridized carbons (Fsp3) is 0.118. The van der Waals surface area contributed by atoms with Gasteiger partial charge in [0.2, 0.25) is 0 Å². The van der Waals surface area contributed by atoms with Gasteiger partial charge in [-0.3, -0.25) is 0 Å². The Balaban J connectivity index is 1.79. The molecular weight excluding hydrogens is 250 g/mol. The lowest BCUT2D eigenvalue weighted by Crippen LogP contribution is -2.00. The minimum atomic E-state index is -0.0265. The van der Waals surface area contributed by atoms with E-state index in [2.05, 4.69) is 4.98 Å². The fourth-order valence-corrected chi connectivity index (χ4v) is 2.12. The zero-order valence-corrected chi connectivity index (χ0v) is 11.0. The number of aliphatic hydroxyl groups is 1. The number of aliphatic hydroxyl groups excluding tert-OH is 1. The first-order valence-corrected chi connectivity index (χ1v) is 6.53. The first-order chi connectivity index (χ1) is 9.86. The number of hydrogen-bond acceptors (Lipinski definition) is 3. The molecule has 0 aliphatic heterocycles. The minimum absolute atomic E-state index is 0.0265. The average Bonchev–Trinajstić information content (AvgIpc) is 2.53. The Hall–Kier alpha value is -2.39. The maximum atomic E-state index is 9.26. The van der Waals surface area contributed by atoms with Crippen molar-refractivity contribution in [3.63, 3.8) is 0 Å². The Morgan fingerprint density at radius 3 is 2.60 bits per heavy atom. The van der Waals surface area contributed by atoms with Gasteiger partial charge in [0.25, 0.3) is 0 Å². The van der Waals surface area contributed by atoms with Crippen LogP contribution in [-0.2, 0) is 13.2 Å². The molecule has 1 aromatic heterocycles. The van der Waals surface area contributed by atoms with Crippen molar-refractivity contribution in [1.82, 2.24) is 4.98 Å². The first-order valence-electron chi connectivity index (χ1n) is 6.53. The molecule has 0 aliphatic carbocycles. The van der Waals surface area contributed by atoms with Gasteiger partial charge in [-0.2, -0.15) is 0 Å². The third kappa shape index (κ3) is 2.63. The van der Waals surface area contributed by atoms with E-state index in [1.807, 2.05) is 60.7 Å². The highest BCUT2D eigenvalue weighted by molar-refractivity contribution is 5.78. The van der Waals surface area contributed by atoms with Gasteiger partial charge in [0.1, 0.15) is 12.4 Å². The predicted molar refractivity (Wildman–Crippen MR) is 78.4 cm³/mol. The van der Waals surface area contributed by atoms with E-state index in [-0.39, 0.29) is 6.61 Å². The van der Waals surface area contributed by atoms with Gasteiger partial charge < -0.3 is 9.84 Å². The van der Waals surface area contributed by atoms with Crippen LogP contribution in [0.2, 0.25) is 0 Å². The molecule has 0 amide bonds. The summed E-state index contributed by atoms with van der Waals surface area (Å²) in [6.07, 6.45) is 0. The zero-order chi connectivity index (χ0) is 13.8. The highest BCUT2D eigenvalue weighted by atomic mass is 16.5. The number of fused-ring (bicyclic) bond motifs is 1. The molecule has 2 aromatic carbocycles. The first kappa shape index (κ1) is 12.6. The molecule has 0 fully saturated rings. The van der Waals surface area contributed by atoms with Crippen LogP contribution in [0.4, 0.5) is 0 Å². The SMILES string of the molecule is OCc1ccccc1OCc1ccc2ccccc2n1. The molecule has 0 spiro atoms. The molecular formula is C17H15NO2. The lowest BCUT2D eigenvalue weighted by atomic mass is 10.2. The zero-order valence-electron chi connectivity index (χ0n) is 11.0. The number of nitrogens with zero attached hydrogens (tertiary/aromatic N) is 1. The number of pyridine rings is 1. The fourth-order valence-electron chi connectivity index (χ4n) is 2.12. The lowest BCUT2D eigenvalue weighted by Gasteiger charge is -2.09. The van der Waals surface area contributed by atoms with E-state index in [0.29, 0.717) is 12.4 Å². The van der Waals surface area contributed by atoms with Crippen molar-refractivity contribution in [3.8, 4) is 5.75 Å². The monoisotopic (exact) mass is 265 g/mol. The molecule has 0 saturated carbocycles. The van der Waals surface area contributed by atoms with Crippen LogP contribution in [0, 0.1) is 0 Å². The van der Waals surface area contributed by atoms with Crippen LogP contribution in [0.1, 0.15) is 11.3 Å². The Morgan fingerprint density at radius 2 is 1.70 bits per heavy atom. The van der Waals surface area contributed by atoms with Crippen molar-refractivity contribution < 1.29 is 9.84 Å². The van der Waals surface area contributed by atoms with Crippen molar-refractivity contribution in [1.29, 1.82) is 0 Å². The number of ether oxygens (including phenoxy) is 1. The summed E-state index contributed by atoms with van der Waals surface area (Å²) in [7, 11) is 0. The van der Waals surface area contributed by atoms with Crippen LogP contribution in [0.3, 0.4) is 0 Å². The molecule has 0 aliphatic rings. The number of rotatable bonds is 4. The van der Waals surface area contributed by atoms with E-state index in [9.17, 15) is 5.11 Å². The van der Waals surface area contributed by atoms with E-state index < -0.39 is 0 Å². The van der Waals surface area contributed by atoms with Gasteiger partial charge in [0.15, 0.2) is 0 Å². The van der Waals surface area contributed by atoms with Gasteiger partial charge in [0.05, 0.1) is 17.8 Å². The smallest absolute Gasteiger partial charge is 0.130 e. The maximum absolute atomic E-state index is 9.26. The molecule has 0 bridgehead atoms. The molecule has 3 heteroatoms. The summed E-state index contributed by atoms with van der Waals surface area (Å²) in [6.45, 7) is 0.364. The third-order valence-electron chi connectivity index (χ3n) is 3.17. The van der Waals surface area contributed by atoms with Crippen LogP contribution >= 0.6 is 0 Å². The quantitative estimate of drug-likeness (QED) is 0.787. The lowest BCUT2D eigenvalue weighted by molar-refractivity contribution is 0.257. The van der Waals surface area contributed by atoms with Gasteiger partial charge in [0, 0.05) is 10.9 Å². The normalized spacial score (nSPS) is 10.7. The standard InChI is InChI=1S/C17H15NO2/c19-11-14-6-2-4-8-17(14)20-12-15-10-9-13-5-1-3-7-16(13)18-15/h1-10,19H,11-12H2. The summed E-state index contributed by atoms with van der Waals surface area (Å²) in [5, 5.41) is 10.4. The minimum Gasteiger partial charge on any atom is -0.487 e. The second-order valence-corrected chi connectivity index (χ2v) is 4.55. The summed E-state index contributed by atoms with van der Waals surface area (Å²) < 4.78 is 5.74. The van der Waals surface area contributed by atoms with Crippen molar-refractivity contribution >= 4 is 10.9 Å². The van der Waals surface area contributed by atoms with Crippen LogP contribution in [-0.4, -0.2) is 10.1 Å². The largest absolute Gasteiger partial charge is 0.487 e. The van der Waals surface area contributed by atoms with Gasteiger partial charge >= 0.3 is 0 Å². The molecule has 1 N–H and O–H groups in total. The Labute approximate surface area is 117 Å². The molecule has 0 atom stereocenters. The number of para-hydroxylation sites is 2. The molecule has 3 aromatic rings. The molecule has 0 saturated heterocycles. The van der Waals surface area contributed by atoms with Gasteiger partial charge in [-0.05, 0) is 18.2 Å². The summed E-state index contributed by atoms with van der Waals surface area (Å²) in [6, 6.07) is 19.5. The molecule has 3 rings (SSSR count). The van der Waals surface area contributed by atoms with E-state index in [1.54, 1.807) is 0 Å². The summed E-state index contributed by atoms with van der Waals surface area (Å²) in [5.74, 6) is 0.699. The van der Waals surface area contributed by atoms with Gasteiger partial charge in [-0.1, -0.05) is 42.5 Å². The van der Waals surface area contributed by atoms with Gasteiger partial charge in [-0.25, -0.2) is 4.98 Å². The summed E-state index contributed by atoms with van der Waals surface area (Å²) in [5.41, 5.74) is 2.62. The second kappa shape index (κ2) is 5.72. The van der Waals surface area contributed by atoms with Crippen molar-refractivity contribution in [2.24, 2.45) is 0 Å². The van der Waals surface area contributed by atoms with E-state index in [1.165, 1.54) is 0 Å². The van der Waals surface area contributed by atoms with Crippen LogP contribution in [0.15, 0.2) is 60.7 Å². The molecule has 20 heavy (non-hydrogen) atoms. The Kier molecular flexibility index (Phi) is 3.61. The van der Waals surface area contributed by atoms with Crippen LogP contribution in [0.5, 0.6) is 5.75 Å². The van der Waals surface area contributed by atoms with Crippen molar-refractivity contribution in [2.75, 3.05) is 0 Å². The molecule has 3 nitrogen and oxygen atoms in total. The number of aromatic nitrogens is 1.